The Morgan fingerprint density at radius 3 is 2.59 bits per heavy atom. The molecule has 3 rings (SSSR count). The molecular formula is C18H24N2O2. The van der Waals surface area contributed by atoms with Gasteiger partial charge < -0.3 is 9.80 Å². The molecule has 0 aliphatic carbocycles. The molecule has 118 valence electrons. The number of nitrogens with zero attached hydrogens (tertiary/aromatic N) is 2. The average Bonchev–Trinajstić information content (AvgIpc) is 2.53. The molecule has 2 amide bonds. The molecule has 22 heavy (non-hydrogen) atoms. The summed E-state index contributed by atoms with van der Waals surface area (Å²) in [5.74, 6) is 0.839. The van der Waals surface area contributed by atoms with Crippen molar-refractivity contribution in [1.29, 1.82) is 0 Å². The van der Waals surface area contributed by atoms with Crippen molar-refractivity contribution < 1.29 is 9.59 Å². The van der Waals surface area contributed by atoms with Gasteiger partial charge in [-0.3, -0.25) is 9.59 Å². The van der Waals surface area contributed by atoms with Crippen LogP contribution in [0.2, 0.25) is 0 Å². The van der Waals surface area contributed by atoms with Crippen molar-refractivity contribution in [3.8, 4) is 0 Å². The zero-order valence-corrected chi connectivity index (χ0v) is 13.4. The lowest BCUT2D eigenvalue weighted by Gasteiger charge is -2.40. The monoisotopic (exact) mass is 300 g/mol. The van der Waals surface area contributed by atoms with Crippen LogP contribution in [-0.2, 0) is 16.0 Å². The number of likely N-dealkylation sites (N-methyl/N-ethyl adjacent to an activating group) is 1. The van der Waals surface area contributed by atoms with Gasteiger partial charge in [0, 0.05) is 19.6 Å². The van der Waals surface area contributed by atoms with Crippen LogP contribution in [0.15, 0.2) is 24.3 Å². The molecule has 2 aliphatic rings. The van der Waals surface area contributed by atoms with Gasteiger partial charge in [-0.05, 0) is 36.8 Å². The Morgan fingerprint density at radius 2 is 1.91 bits per heavy atom. The van der Waals surface area contributed by atoms with Gasteiger partial charge in [-0.25, -0.2) is 0 Å². The summed E-state index contributed by atoms with van der Waals surface area (Å²) in [7, 11) is 0. The molecule has 1 aromatic rings. The van der Waals surface area contributed by atoms with Crippen LogP contribution in [0.3, 0.4) is 0 Å². The van der Waals surface area contributed by atoms with Crippen molar-refractivity contribution in [2.24, 2.45) is 5.92 Å². The van der Waals surface area contributed by atoms with E-state index in [-0.39, 0.29) is 11.8 Å². The Kier molecular flexibility index (Phi) is 4.19. The van der Waals surface area contributed by atoms with E-state index in [1.807, 2.05) is 36.1 Å². The molecular weight excluding hydrogens is 276 g/mol. The number of likely N-dealkylation sites (tertiary alicyclic amines) is 1. The fourth-order valence-corrected chi connectivity index (χ4v) is 3.57. The van der Waals surface area contributed by atoms with Crippen LogP contribution in [0, 0.1) is 5.92 Å². The van der Waals surface area contributed by atoms with Gasteiger partial charge >= 0.3 is 0 Å². The maximum Gasteiger partial charge on any atom is 0.250 e. The molecule has 0 N–H and O–H groups in total. The molecule has 1 saturated heterocycles. The Bertz CT molecular complexity index is 576. The molecule has 1 aromatic carbocycles. The Hall–Kier alpha value is -1.84. The van der Waals surface area contributed by atoms with Crippen LogP contribution in [0.25, 0.3) is 0 Å². The standard InChI is InChI=1S/C18H24N2O2/c1-3-20-16(21)12-14-6-4-5-7-15(14)17(20)18(22)19-10-8-13(2)9-11-19/h4-7,13,17H,3,8-12H2,1-2H3. The molecule has 1 unspecified atom stereocenters. The van der Waals surface area contributed by atoms with Gasteiger partial charge in [-0.15, -0.1) is 0 Å². The summed E-state index contributed by atoms with van der Waals surface area (Å²) in [4.78, 5) is 29.1. The highest BCUT2D eigenvalue weighted by atomic mass is 16.2. The van der Waals surface area contributed by atoms with E-state index in [2.05, 4.69) is 6.92 Å². The van der Waals surface area contributed by atoms with Crippen LogP contribution >= 0.6 is 0 Å². The van der Waals surface area contributed by atoms with Crippen molar-refractivity contribution in [2.45, 2.75) is 39.2 Å². The number of rotatable bonds is 2. The largest absolute Gasteiger partial charge is 0.341 e. The van der Waals surface area contributed by atoms with Gasteiger partial charge in [0.1, 0.15) is 6.04 Å². The highest BCUT2D eigenvalue weighted by Gasteiger charge is 2.38. The van der Waals surface area contributed by atoms with E-state index in [1.165, 1.54) is 0 Å². The third kappa shape index (κ3) is 2.62. The summed E-state index contributed by atoms with van der Waals surface area (Å²) >= 11 is 0. The number of fused-ring (bicyclic) bond motifs is 1. The van der Waals surface area contributed by atoms with Crippen molar-refractivity contribution in [2.75, 3.05) is 19.6 Å². The van der Waals surface area contributed by atoms with Gasteiger partial charge in [0.05, 0.1) is 6.42 Å². The van der Waals surface area contributed by atoms with Gasteiger partial charge in [0.25, 0.3) is 0 Å². The van der Waals surface area contributed by atoms with Crippen LogP contribution in [0.5, 0.6) is 0 Å². The van der Waals surface area contributed by atoms with E-state index in [9.17, 15) is 9.59 Å². The number of hydrogen-bond acceptors (Lipinski definition) is 2. The average molecular weight is 300 g/mol. The maximum atomic E-state index is 13.1. The quantitative estimate of drug-likeness (QED) is 0.841. The highest BCUT2D eigenvalue weighted by Crippen LogP contribution is 2.32. The van der Waals surface area contributed by atoms with Crippen LogP contribution in [0.1, 0.15) is 43.9 Å². The Morgan fingerprint density at radius 1 is 1.23 bits per heavy atom. The first-order valence-electron chi connectivity index (χ1n) is 8.28. The topological polar surface area (TPSA) is 40.6 Å². The number of carbonyl (C=O) groups excluding carboxylic acids is 2. The summed E-state index contributed by atoms with van der Waals surface area (Å²) in [6.45, 7) is 6.38. The zero-order chi connectivity index (χ0) is 15.7. The molecule has 0 radical (unpaired) electrons. The molecule has 0 aromatic heterocycles. The first-order chi connectivity index (χ1) is 10.6. The molecule has 2 aliphatic heterocycles. The lowest BCUT2D eigenvalue weighted by atomic mass is 9.90. The van der Waals surface area contributed by atoms with Crippen molar-refractivity contribution in [3.05, 3.63) is 35.4 Å². The van der Waals surface area contributed by atoms with E-state index >= 15 is 0 Å². The third-order valence-corrected chi connectivity index (χ3v) is 4.99. The number of hydrogen-bond donors (Lipinski definition) is 0. The molecule has 4 heteroatoms. The molecule has 0 bridgehead atoms. The van der Waals surface area contributed by atoms with Gasteiger partial charge in [0.15, 0.2) is 0 Å². The zero-order valence-electron chi connectivity index (χ0n) is 13.4. The van der Waals surface area contributed by atoms with Gasteiger partial charge in [-0.2, -0.15) is 0 Å². The predicted molar refractivity (Wildman–Crippen MR) is 85.3 cm³/mol. The van der Waals surface area contributed by atoms with E-state index in [0.717, 1.165) is 37.1 Å². The Labute approximate surface area is 132 Å². The third-order valence-electron chi connectivity index (χ3n) is 4.99. The second-order valence-electron chi connectivity index (χ2n) is 6.47. The molecule has 0 saturated carbocycles. The van der Waals surface area contributed by atoms with E-state index in [0.29, 0.717) is 18.9 Å². The summed E-state index contributed by atoms with van der Waals surface area (Å²) in [6, 6.07) is 7.44. The lowest BCUT2D eigenvalue weighted by Crippen LogP contribution is -2.50. The fraction of sp³-hybridized carbons (Fsp3) is 0.556. The van der Waals surface area contributed by atoms with E-state index < -0.39 is 6.04 Å². The lowest BCUT2D eigenvalue weighted by molar-refractivity contribution is -0.147. The van der Waals surface area contributed by atoms with Crippen molar-refractivity contribution >= 4 is 11.8 Å². The first kappa shape index (κ1) is 15.1. The van der Waals surface area contributed by atoms with Crippen molar-refractivity contribution in [3.63, 3.8) is 0 Å². The normalized spacial score (nSPS) is 22.6. The van der Waals surface area contributed by atoms with E-state index in [4.69, 9.17) is 0 Å². The molecule has 1 fully saturated rings. The van der Waals surface area contributed by atoms with Crippen LogP contribution in [0.4, 0.5) is 0 Å². The number of benzene rings is 1. The number of piperidine rings is 1. The van der Waals surface area contributed by atoms with Crippen molar-refractivity contribution in [1.82, 2.24) is 9.80 Å². The van der Waals surface area contributed by atoms with Crippen LogP contribution in [-0.4, -0.2) is 41.2 Å². The number of carbonyl (C=O) groups is 2. The molecule has 2 heterocycles. The fourth-order valence-electron chi connectivity index (χ4n) is 3.57. The molecule has 4 nitrogen and oxygen atoms in total. The molecule has 1 atom stereocenters. The summed E-state index contributed by atoms with van der Waals surface area (Å²) < 4.78 is 0. The number of amides is 2. The first-order valence-corrected chi connectivity index (χ1v) is 8.28. The Balaban J connectivity index is 1.92. The van der Waals surface area contributed by atoms with Gasteiger partial charge in [-0.1, -0.05) is 31.2 Å². The second-order valence-corrected chi connectivity index (χ2v) is 6.47. The summed E-state index contributed by atoms with van der Waals surface area (Å²) in [6.07, 6.45) is 2.52. The summed E-state index contributed by atoms with van der Waals surface area (Å²) in [5.41, 5.74) is 2.01. The minimum absolute atomic E-state index is 0.0601. The smallest absolute Gasteiger partial charge is 0.250 e. The minimum atomic E-state index is -0.434. The minimum Gasteiger partial charge on any atom is -0.341 e. The second kappa shape index (κ2) is 6.11. The highest BCUT2D eigenvalue weighted by molar-refractivity contribution is 5.92. The summed E-state index contributed by atoms with van der Waals surface area (Å²) in [5, 5.41) is 0. The predicted octanol–water partition coefficient (Wildman–Crippen LogP) is 2.39. The van der Waals surface area contributed by atoms with Gasteiger partial charge in [0.2, 0.25) is 11.8 Å². The maximum absolute atomic E-state index is 13.1. The SMILES string of the molecule is CCN1C(=O)Cc2ccccc2C1C(=O)N1CCC(C)CC1. The van der Waals surface area contributed by atoms with Crippen LogP contribution < -0.4 is 0 Å². The van der Waals surface area contributed by atoms with E-state index in [1.54, 1.807) is 4.90 Å². The molecule has 0 spiro atoms.